The maximum atomic E-state index is 11.5. The molecule has 0 bridgehead atoms. The third-order valence-electron chi connectivity index (χ3n) is 3.65. The average Bonchev–Trinajstić information content (AvgIpc) is 3.01. The number of aliphatic carboxylic acids is 2. The Morgan fingerprint density at radius 3 is 2.25 bits per heavy atom. The second-order valence-electron chi connectivity index (χ2n) is 5.33. The van der Waals surface area contributed by atoms with E-state index in [0.717, 1.165) is 11.5 Å². The average molecular weight is 448 g/mol. The zero-order chi connectivity index (χ0) is 21.0. The Kier molecular flexibility index (Phi) is 4.74. The second kappa shape index (κ2) is 6.66. The summed E-state index contributed by atoms with van der Waals surface area (Å²) in [6.07, 6.45) is 0.880. The molecule has 0 spiro atoms. The lowest BCUT2D eigenvalue weighted by atomic mass is 10.0. The fourth-order valence-corrected chi connectivity index (χ4v) is 5.20. The van der Waals surface area contributed by atoms with E-state index in [1.54, 1.807) is 0 Å². The number of aromatic hydroxyl groups is 1. The molecule has 1 aromatic heterocycles. The Bertz CT molecular complexity index is 1190. The smallest absolute Gasteiger partial charge is 0.446 e. The Balaban J connectivity index is 2.48. The number of thioether (sulfide) groups is 1. The minimum atomic E-state index is -5.15. The molecule has 5 N–H and O–H groups in total. The number of phenols is 1. The Morgan fingerprint density at radius 1 is 1.11 bits per heavy atom. The first-order valence-electron chi connectivity index (χ1n) is 6.97. The lowest BCUT2D eigenvalue weighted by Crippen LogP contribution is -2.26. The molecule has 1 atom stereocenters. The molecule has 2 aromatic rings. The fourth-order valence-electron chi connectivity index (χ4n) is 2.61. The van der Waals surface area contributed by atoms with E-state index in [0.29, 0.717) is 23.1 Å². The number of carboxylic acids is 3. The molecule has 0 saturated heterocycles. The first-order chi connectivity index (χ1) is 12.9. The van der Waals surface area contributed by atoms with Gasteiger partial charge >= 0.3 is 28.3 Å². The fraction of sp³-hybridized carbons (Fsp3) is 0.0714. The van der Waals surface area contributed by atoms with Gasteiger partial charge in [0.05, 0.1) is 20.7 Å². The number of hydrogen-bond donors (Lipinski definition) is 5. The van der Waals surface area contributed by atoms with Crippen LogP contribution in [0.1, 0.15) is 15.9 Å². The molecule has 1 aromatic carbocycles. The highest BCUT2D eigenvalue weighted by atomic mass is 32.3. The second-order valence-corrected chi connectivity index (χ2v) is 8.35. The molecule has 28 heavy (non-hydrogen) atoms. The normalized spacial score (nSPS) is 16.3. The van der Waals surface area contributed by atoms with Gasteiger partial charge in [0.25, 0.3) is 0 Å². The van der Waals surface area contributed by atoms with Crippen molar-refractivity contribution in [2.75, 3.05) is 0 Å². The monoisotopic (exact) mass is 448 g/mol. The first-order valence-corrected chi connectivity index (χ1v) is 10.1. The molecule has 148 valence electrons. The maximum absolute atomic E-state index is 11.5. The molecular formula is C14H8O11S3. The van der Waals surface area contributed by atoms with E-state index in [9.17, 15) is 43.2 Å². The van der Waals surface area contributed by atoms with Crippen LogP contribution in [-0.4, -0.2) is 56.6 Å². The van der Waals surface area contributed by atoms with Crippen LogP contribution in [0, 0.1) is 0 Å². The number of phenolic OH excluding ortho intramolecular Hbond substituents is 1. The lowest BCUT2D eigenvalue weighted by molar-refractivity contribution is -0.139. The standard InChI is InChI=1S/C14H8O11S3/c15-7-8(25-28(22,23)24)9-3(6-5(13(18)19)2-26-11(6)7)1-4(12(16)17)10(27-9)14(20)21/h1-2,10,15H,(H,16,17)(H,18,19)(H,20,21)(H,22,23,24). The number of thiophene rings is 1. The van der Waals surface area contributed by atoms with E-state index >= 15 is 0 Å². The van der Waals surface area contributed by atoms with Crippen molar-refractivity contribution in [3.63, 3.8) is 0 Å². The van der Waals surface area contributed by atoms with Gasteiger partial charge in [-0.05, 0) is 6.08 Å². The zero-order valence-electron chi connectivity index (χ0n) is 13.1. The van der Waals surface area contributed by atoms with Crippen molar-refractivity contribution in [3.8, 4) is 11.5 Å². The minimum absolute atomic E-state index is 0.122. The Hall–Kier alpha value is -2.81. The third-order valence-corrected chi connectivity index (χ3v) is 6.35. The summed E-state index contributed by atoms with van der Waals surface area (Å²) in [7, 11) is -5.15. The summed E-state index contributed by atoms with van der Waals surface area (Å²) in [6.45, 7) is 0. The van der Waals surface area contributed by atoms with Crippen LogP contribution < -0.4 is 4.18 Å². The predicted molar refractivity (Wildman–Crippen MR) is 95.5 cm³/mol. The number of carboxylic acid groups (broad SMARTS) is 3. The summed E-state index contributed by atoms with van der Waals surface area (Å²) in [5.41, 5.74) is -1.08. The summed E-state index contributed by atoms with van der Waals surface area (Å²) < 4.78 is 35.6. The first kappa shape index (κ1) is 19.9. The van der Waals surface area contributed by atoms with Gasteiger partial charge in [-0.2, -0.15) is 8.42 Å². The van der Waals surface area contributed by atoms with E-state index in [1.807, 2.05) is 0 Å². The Morgan fingerprint density at radius 2 is 1.75 bits per heavy atom. The highest BCUT2D eigenvalue weighted by Gasteiger charge is 2.38. The minimum Gasteiger partial charge on any atom is -0.503 e. The summed E-state index contributed by atoms with van der Waals surface area (Å²) in [5.74, 6) is -6.25. The van der Waals surface area contributed by atoms with Crippen molar-refractivity contribution in [3.05, 3.63) is 22.1 Å². The number of fused-ring (bicyclic) bond motifs is 3. The largest absolute Gasteiger partial charge is 0.503 e. The van der Waals surface area contributed by atoms with Gasteiger partial charge in [-0.15, -0.1) is 23.1 Å². The number of aromatic carboxylic acids is 1. The number of carbonyl (C=O) groups is 3. The maximum Gasteiger partial charge on any atom is 0.446 e. The van der Waals surface area contributed by atoms with E-state index in [1.165, 1.54) is 0 Å². The molecular weight excluding hydrogens is 440 g/mol. The predicted octanol–water partition coefficient (Wildman–Crippen LogP) is 1.51. The van der Waals surface area contributed by atoms with Gasteiger partial charge in [-0.1, -0.05) is 0 Å². The van der Waals surface area contributed by atoms with E-state index in [4.69, 9.17) is 4.55 Å². The summed E-state index contributed by atoms with van der Waals surface area (Å²) in [6, 6.07) is 0. The van der Waals surface area contributed by atoms with Crippen LogP contribution >= 0.6 is 23.1 Å². The zero-order valence-corrected chi connectivity index (χ0v) is 15.6. The quantitative estimate of drug-likeness (QED) is 0.414. The molecule has 11 nitrogen and oxygen atoms in total. The van der Waals surface area contributed by atoms with Crippen LogP contribution in [0.4, 0.5) is 0 Å². The van der Waals surface area contributed by atoms with Gasteiger partial charge in [0.2, 0.25) is 5.75 Å². The SMILES string of the molecule is O=C(O)C1=Cc2c(c(OS(=O)(=O)O)c(O)c3scc(C(=O)O)c23)SC1C(=O)O. The van der Waals surface area contributed by atoms with Crippen LogP contribution in [0.5, 0.6) is 11.5 Å². The highest BCUT2D eigenvalue weighted by molar-refractivity contribution is 8.01. The van der Waals surface area contributed by atoms with Crippen molar-refractivity contribution >= 4 is 67.6 Å². The van der Waals surface area contributed by atoms with Crippen LogP contribution in [0.15, 0.2) is 15.8 Å². The summed E-state index contributed by atoms with van der Waals surface area (Å²) in [4.78, 5) is 34.1. The molecule has 0 amide bonds. The lowest BCUT2D eigenvalue weighted by Gasteiger charge is -2.23. The van der Waals surface area contributed by atoms with E-state index in [-0.39, 0.29) is 26.1 Å². The van der Waals surface area contributed by atoms with Gasteiger partial charge in [0.1, 0.15) is 5.25 Å². The van der Waals surface area contributed by atoms with Crippen molar-refractivity contribution in [2.24, 2.45) is 0 Å². The molecule has 1 unspecified atom stereocenters. The number of rotatable bonds is 5. The molecule has 3 rings (SSSR count). The van der Waals surface area contributed by atoms with E-state index in [2.05, 4.69) is 4.18 Å². The Labute approximate surface area is 163 Å². The third kappa shape index (κ3) is 3.26. The molecule has 2 heterocycles. The van der Waals surface area contributed by atoms with Gasteiger partial charge < -0.3 is 24.6 Å². The van der Waals surface area contributed by atoms with Crippen LogP contribution in [0.3, 0.4) is 0 Å². The van der Waals surface area contributed by atoms with Crippen molar-refractivity contribution in [1.29, 1.82) is 0 Å². The number of hydrogen-bond acceptors (Lipinski definition) is 9. The molecule has 0 radical (unpaired) electrons. The number of benzene rings is 1. The molecule has 14 heteroatoms. The van der Waals surface area contributed by atoms with Crippen LogP contribution in [0.2, 0.25) is 0 Å². The van der Waals surface area contributed by atoms with E-state index < -0.39 is 50.6 Å². The van der Waals surface area contributed by atoms with Crippen molar-refractivity contribution in [1.82, 2.24) is 0 Å². The topological polar surface area (TPSA) is 196 Å². The van der Waals surface area contributed by atoms with Crippen molar-refractivity contribution in [2.45, 2.75) is 10.1 Å². The molecule has 0 fully saturated rings. The molecule has 1 aliphatic rings. The molecule has 0 saturated carbocycles. The van der Waals surface area contributed by atoms with Crippen LogP contribution in [-0.2, 0) is 20.0 Å². The van der Waals surface area contributed by atoms with Crippen molar-refractivity contribution < 1.29 is 52.0 Å². The molecule has 1 aliphatic heterocycles. The molecule has 0 aliphatic carbocycles. The highest BCUT2D eigenvalue weighted by Crippen LogP contribution is 2.53. The van der Waals surface area contributed by atoms with Gasteiger partial charge in [0, 0.05) is 16.3 Å². The van der Waals surface area contributed by atoms with Gasteiger partial charge in [-0.3, -0.25) is 9.35 Å². The van der Waals surface area contributed by atoms with Crippen LogP contribution in [0.25, 0.3) is 16.2 Å². The summed E-state index contributed by atoms with van der Waals surface area (Å²) >= 11 is 1.03. The van der Waals surface area contributed by atoms with Gasteiger partial charge in [-0.25, -0.2) is 9.59 Å². The van der Waals surface area contributed by atoms with Gasteiger partial charge in [0.15, 0.2) is 5.75 Å². The summed E-state index contributed by atoms with van der Waals surface area (Å²) in [5, 5.41) is 37.7.